The van der Waals surface area contributed by atoms with Crippen molar-refractivity contribution in [2.24, 2.45) is 0 Å². The Morgan fingerprint density at radius 3 is 2.12 bits per heavy atom. The number of hydrogen-bond acceptors (Lipinski definition) is 3. The highest BCUT2D eigenvalue weighted by molar-refractivity contribution is 8.13. The summed E-state index contributed by atoms with van der Waals surface area (Å²) in [4.78, 5) is 0. The molecule has 0 unspecified atom stereocenters. The number of benzene rings is 1. The van der Waals surface area contributed by atoms with Crippen LogP contribution in [-0.4, -0.2) is 19.8 Å². The van der Waals surface area contributed by atoms with E-state index in [0.29, 0.717) is 6.42 Å². The maximum Gasteiger partial charge on any atom is 0.232 e. The molecule has 0 aromatic heterocycles. The topological polar surface area (TPSA) is 43.4 Å². The standard InChI is InChI=1S/C12H17ClO3S/c1-12(2,3)16-11-6-4-10(5-7-11)8-9-17(13,14)15/h4-7H,8-9H2,1-3H3. The maximum atomic E-state index is 10.8. The average Bonchev–Trinajstić information content (AvgIpc) is 2.13. The summed E-state index contributed by atoms with van der Waals surface area (Å²) in [6, 6.07) is 7.37. The van der Waals surface area contributed by atoms with E-state index in [9.17, 15) is 8.42 Å². The molecule has 5 heteroatoms. The summed E-state index contributed by atoms with van der Waals surface area (Å²) in [6.07, 6.45) is 0.418. The van der Waals surface area contributed by atoms with Crippen LogP contribution in [0.25, 0.3) is 0 Å². The second kappa shape index (κ2) is 5.27. The molecule has 0 N–H and O–H groups in total. The summed E-state index contributed by atoms with van der Waals surface area (Å²) in [6.45, 7) is 5.92. The van der Waals surface area contributed by atoms with E-state index in [1.54, 1.807) is 0 Å². The minimum atomic E-state index is -3.42. The van der Waals surface area contributed by atoms with Gasteiger partial charge in [-0.15, -0.1) is 0 Å². The summed E-state index contributed by atoms with van der Waals surface area (Å²) >= 11 is 0. The highest BCUT2D eigenvalue weighted by Gasteiger charge is 2.11. The molecular formula is C12H17ClO3S. The quantitative estimate of drug-likeness (QED) is 0.794. The van der Waals surface area contributed by atoms with Gasteiger partial charge in [-0.3, -0.25) is 0 Å². The zero-order valence-electron chi connectivity index (χ0n) is 10.2. The first-order valence-corrected chi connectivity index (χ1v) is 7.84. The Hall–Kier alpha value is -0.740. The Morgan fingerprint density at radius 2 is 1.71 bits per heavy atom. The fraction of sp³-hybridized carbons (Fsp3) is 0.500. The first-order chi connectivity index (χ1) is 7.66. The number of aryl methyl sites for hydroxylation is 1. The molecule has 0 aliphatic heterocycles. The van der Waals surface area contributed by atoms with Gasteiger partial charge in [0.05, 0.1) is 5.75 Å². The third-order valence-corrected chi connectivity index (χ3v) is 3.14. The van der Waals surface area contributed by atoms with Gasteiger partial charge in [-0.2, -0.15) is 0 Å². The fourth-order valence-electron chi connectivity index (χ4n) is 1.32. The van der Waals surface area contributed by atoms with E-state index in [1.165, 1.54) is 0 Å². The van der Waals surface area contributed by atoms with Crippen molar-refractivity contribution < 1.29 is 13.2 Å². The molecule has 0 aliphatic rings. The summed E-state index contributed by atoms with van der Waals surface area (Å²) in [5.74, 6) is 0.726. The van der Waals surface area contributed by atoms with Crippen molar-refractivity contribution in [3.05, 3.63) is 29.8 Å². The van der Waals surface area contributed by atoms with Gasteiger partial charge in [0.25, 0.3) is 0 Å². The molecule has 0 aliphatic carbocycles. The highest BCUT2D eigenvalue weighted by atomic mass is 35.7. The van der Waals surface area contributed by atoms with Crippen LogP contribution >= 0.6 is 10.7 Å². The van der Waals surface area contributed by atoms with E-state index in [0.717, 1.165) is 11.3 Å². The summed E-state index contributed by atoms with van der Waals surface area (Å²) in [5.41, 5.74) is 0.691. The van der Waals surface area contributed by atoms with Crippen LogP contribution in [0.15, 0.2) is 24.3 Å². The lowest BCUT2D eigenvalue weighted by molar-refractivity contribution is 0.131. The van der Waals surface area contributed by atoms with Crippen LogP contribution in [0.3, 0.4) is 0 Å². The molecule has 17 heavy (non-hydrogen) atoms. The van der Waals surface area contributed by atoms with E-state index in [1.807, 2.05) is 45.0 Å². The monoisotopic (exact) mass is 276 g/mol. The van der Waals surface area contributed by atoms with E-state index in [-0.39, 0.29) is 11.4 Å². The Kier molecular flexibility index (Phi) is 4.44. The van der Waals surface area contributed by atoms with Crippen LogP contribution in [0.5, 0.6) is 5.75 Å². The van der Waals surface area contributed by atoms with Crippen LogP contribution in [0.2, 0.25) is 0 Å². The van der Waals surface area contributed by atoms with Gasteiger partial charge in [0.15, 0.2) is 0 Å². The Bertz CT molecular complexity index is 458. The lowest BCUT2D eigenvalue weighted by Crippen LogP contribution is -2.22. The first kappa shape index (κ1) is 14.3. The van der Waals surface area contributed by atoms with Crippen molar-refractivity contribution in [2.45, 2.75) is 32.8 Å². The van der Waals surface area contributed by atoms with Crippen LogP contribution in [0.1, 0.15) is 26.3 Å². The molecule has 0 saturated heterocycles. The molecule has 0 bridgehead atoms. The number of ether oxygens (including phenoxy) is 1. The molecule has 1 aromatic rings. The van der Waals surface area contributed by atoms with Crippen molar-refractivity contribution in [1.29, 1.82) is 0 Å². The van der Waals surface area contributed by atoms with Gasteiger partial charge in [0.1, 0.15) is 11.4 Å². The lowest BCUT2D eigenvalue weighted by atomic mass is 10.1. The summed E-state index contributed by atoms with van der Waals surface area (Å²) in [5, 5.41) is 0. The number of rotatable bonds is 4. The van der Waals surface area contributed by atoms with Crippen molar-refractivity contribution >= 4 is 19.7 Å². The van der Waals surface area contributed by atoms with Crippen LogP contribution in [0.4, 0.5) is 0 Å². The third-order valence-electron chi connectivity index (χ3n) is 1.98. The van der Waals surface area contributed by atoms with Gasteiger partial charge in [-0.1, -0.05) is 12.1 Å². The van der Waals surface area contributed by atoms with Crippen LogP contribution in [-0.2, 0) is 15.5 Å². The largest absolute Gasteiger partial charge is 0.488 e. The van der Waals surface area contributed by atoms with E-state index in [4.69, 9.17) is 15.4 Å². The zero-order valence-corrected chi connectivity index (χ0v) is 11.8. The Morgan fingerprint density at radius 1 is 1.18 bits per heavy atom. The van der Waals surface area contributed by atoms with Gasteiger partial charge in [0.2, 0.25) is 9.05 Å². The minimum Gasteiger partial charge on any atom is -0.488 e. The second-order valence-electron chi connectivity index (χ2n) is 4.85. The average molecular weight is 277 g/mol. The molecular weight excluding hydrogens is 260 g/mol. The molecule has 0 fully saturated rings. The molecule has 0 amide bonds. The number of halogens is 1. The Balaban J connectivity index is 2.62. The molecule has 0 saturated carbocycles. The van der Waals surface area contributed by atoms with Crippen LogP contribution < -0.4 is 4.74 Å². The number of hydrogen-bond donors (Lipinski definition) is 0. The van der Waals surface area contributed by atoms with Gasteiger partial charge in [-0.25, -0.2) is 8.42 Å². The predicted molar refractivity (Wildman–Crippen MR) is 70.2 cm³/mol. The zero-order chi connectivity index (χ0) is 13.1. The molecule has 96 valence electrons. The van der Waals surface area contributed by atoms with Gasteiger partial charge < -0.3 is 4.74 Å². The molecule has 0 radical (unpaired) electrons. The smallest absolute Gasteiger partial charge is 0.232 e. The molecule has 1 rings (SSSR count). The first-order valence-electron chi connectivity index (χ1n) is 5.36. The second-order valence-corrected chi connectivity index (χ2v) is 7.75. The molecule has 3 nitrogen and oxygen atoms in total. The van der Waals surface area contributed by atoms with E-state index >= 15 is 0 Å². The SMILES string of the molecule is CC(C)(C)Oc1ccc(CCS(=O)(=O)Cl)cc1. The fourth-order valence-corrected chi connectivity index (χ4v) is 2.03. The van der Waals surface area contributed by atoms with Crippen molar-refractivity contribution in [3.8, 4) is 5.75 Å². The van der Waals surface area contributed by atoms with Crippen molar-refractivity contribution in [3.63, 3.8) is 0 Å². The van der Waals surface area contributed by atoms with Crippen LogP contribution in [0, 0.1) is 0 Å². The summed E-state index contributed by atoms with van der Waals surface area (Å²) < 4.78 is 27.3. The van der Waals surface area contributed by atoms with Gasteiger partial charge in [-0.05, 0) is 44.9 Å². The molecule has 0 heterocycles. The van der Waals surface area contributed by atoms with E-state index in [2.05, 4.69) is 0 Å². The molecule has 0 atom stereocenters. The van der Waals surface area contributed by atoms with E-state index < -0.39 is 9.05 Å². The minimum absolute atomic E-state index is 0.0476. The predicted octanol–water partition coefficient (Wildman–Crippen LogP) is 2.98. The molecule has 0 spiro atoms. The normalized spacial score (nSPS) is 12.5. The highest BCUT2D eigenvalue weighted by Crippen LogP contribution is 2.19. The lowest BCUT2D eigenvalue weighted by Gasteiger charge is -2.21. The maximum absolute atomic E-state index is 10.8. The van der Waals surface area contributed by atoms with Crippen molar-refractivity contribution in [1.82, 2.24) is 0 Å². The Labute approximate surface area is 107 Å². The van der Waals surface area contributed by atoms with Crippen molar-refractivity contribution in [2.75, 3.05) is 5.75 Å². The van der Waals surface area contributed by atoms with Gasteiger partial charge >= 0.3 is 0 Å². The van der Waals surface area contributed by atoms with Gasteiger partial charge in [0, 0.05) is 10.7 Å². The summed E-state index contributed by atoms with van der Waals surface area (Å²) in [7, 11) is 1.73. The molecule has 1 aromatic carbocycles. The third kappa shape index (κ3) is 6.54.